The summed E-state index contributed by atoms with van der Waals surface area (Å²) in [6, 6.07) is 11.4. The number of carbonyl (C=O) groups is 2. The lowest BCUT2D eigenvalue weighted by Crippen LogP contribution is -2.45. The Morgan fingerprint density at radius 1 is 1.17 bits per heavy atom. The summed E-state index contributed by atoms with van der Waals surface area (Å²) in [7, 11) is 0. The van der Waals surface area contributed by atoms with Gasteiger partial charge in [0.05, 0.1) is 11.6 Å². The van der Waals surface area contributed by atoms with Gasteiger partial charge in [-0.15, -0.1) is 0 Å². The number of aryl methyl sites for hydroxylation is 1. The number of rotatable bonds is 7. The summed E-state index contributed by atoms with van der Waals surface area (Å²) < 4.78 is 0. The molecule has 0 unspecified atom stereocenters. The van der Waals surface area contributed by atoms with E-state index in [0.29, 0.717) is 44.0 Å². The number of hydrogen-bond acceptors (Lipinski definition) is 7. The molecule has 35 heavy (non-hydrogen) atoms. The average Bonchev–Trinajstić information content (AvgIpc) is 3.33. The fraction of sp³-hybridized carbons (Fsp3) is 0.480. The number of carbonyl (C=O) groups excluding carboxylic acids is 1. The van der Waals surface area contributed by atoms with Crippen molar-refractivity contribution in [3.05, 3.63) is 41.6 Å². The Kier molecular flexibility index (Phi) is 7.65. The smallest absolute Gasteiger partial charge is 0.407 e. The highest BCUT2D eigenvalue weighted by Crippen LogP contribution is 2.24. The summed E-state index contributed by atoms with van der Waals surface area (Å²) in [5.74, 6) is 1.17. The van der Waals surface area contributed by atoms with Crippen LogP contribution in [0.15, 0.2) is 30.3 Å². The molecular formula is C25H31N7O3. The number of likely N-dealkylation sites (tertiary alicyclic amines) is 1. The number of aromatic nitrogens is 2. The fourth-order valence-corrected chi connectivity index (χ4v) is 4.62. The first-order valence-electron chi connectivity index (χ1n) is 12.1. The van der Waals surface area contributed by atoms with Gasteiger partial charge in [-0.05, 0) is 43.9 Å². The molecule has 0 aliphatic carbocycles. The van der Waals surface area contributed by atoms with Crippen LogP contribution in [0.3, 0.4) is 0 Å². The quantitative estimate of drug-likeness (QED) is 0.554. The third-order valence-corrected chi connectivity index (χ3v) is 6.51. The zero-order chi connectivity index (χ0) is 24.8. The standard InChI is InChI=1S/C25H31N7O3/c1-2-4-19-14-22(30-24(28-19)29-20-6-3-5-17(13-20)15-26)32-12-9-21(16-32)27-23(33)18-7-10-31(11-8-18)25(34)35/h3,5-6,13-14,18,21H,2,4,7-12,16H2,1H3,(H,27,33)(H,34,35)(H,28,29,30)/t21-/m0/s1. The number of nitriles is 1. The monoisotopic (exact) mass is 477 g/mol. The van der Waals surface area contributed by atoms with E-state index in [1.807, 2.05) is 18.2 Å². The molecule has 0 bridgehead atoms. The van der Waals surface area contributed by atoms with E-state index in [2.05, 4.69) is 33.5 Å². The highest BCUT2D eigenvalue weighted by atomic mass is 16.4. The second-order valence-corrected chi connectivity index (χ2v) is 9.09. The largest absolute Gasteiger partial charge is 0.465 e. The minimum absolute atomic E-state index is 0.0102. The van der Waals surface area contributed by atoms with Gasteiger partial charge in [-0.1, -0.05) is 19.4 Å². The molecule has 2 fully saturated rings. The van der Waals surface area contributed by atoms with Crippen LogP contribution in [0.25, 0.3) is 0 Å². The molecule has 1 aromatic carbocycles. The van der Waals surface area contributed by atoms with Crippen LogP contribution in [0, 0.1) is 17.2 Å². The second kappa shape index (κ2) is 11.0. The number of nitrogens with zero attached hydrogens (tertiary/aromatic N) is 5. The molecule has 10 nitrogen and oxygen atoms in total. The van der Waals surface area contributed by atoms with Gasteiger partial charge in [-0.2, -0.15) is 10.2 Å². The molecule has 2 aliphatic heterocycles. The van der Waals surface area contributed by atoms with E-state index >= 15 is 0 Å². The maximum Gasteiger partial charge on any atom is 0.407 e. The van der Waals surface area contributed by atoms with Crippen molar-refractivity contribution in [3.63, 3.8) is 0 Å². The molecule has 10 heteroatoms. The molecule has 3 heterocycles. The van der Waals surface area contributed by atoms with Gasteiger partial charge >= 0.3 is 6.09 Å². The van der Waals surface area contributed by atoms with Crippen LogP contribution in [0.5, 0.6) is 0 Å². The van der Waals surface area contributed by atoms with Crippen molar-refractivity contribution in [2.45, 2.75) is 45.1 Å². The molecule has 1 aromatic heterocycles. The minimum atomic E-state index is -0.922. The molecule has 2 amide bonds. The predicted octanol–water partition coefficient (Wildman–Crippen LogP) is 3.13. The lowest BCUT2D eigenvalue weighted by Gasteiger charge is -2.30. The number of amides is 2. The Labute approximate surface area is 205 Å². The van der Waals surface area contributed by atoms with Crippen molar-refractivity contribution in [1.29, 1.82) is 5.26 Å². The van der Waals surface area contributed by atoms with Gasteiger partial charge in [0.1, 0.15) is 5.82 Å². The van der Waals surface area contributed by atoms with Gasteiger partial charge in [-0.3, -0.25) is 4.79 Å². The summed E-state index contributed by atoms with van der Waals surface area (Å²) in [5, 5.41) is 24.7. The zero-order valence-corrected chi connectivity index (χ0v) is 19.9. The topological polar surface area (TPSA) is 134 Å². The predicted molar refractivity (Wildman–Crippen MR) is 132 cm³/mol. The van der Waals surface area contributed by atoms with Crippen LogP contribution in [0.2, 0.25) is 0 Å². The van der Waals surface area contributed by atoms with Gasteiger partial charge in [-0.25, -0.2) is 9.78 Å². The zero-order valence-electron chi connectivity index (χ0n) is 19.9. The summed E-state index contributed by atoms with van der Waals surface area (Å²) in [6.07, 6.45) is 2.80. The van der Waals surface area contributed by atoms with Crippen LogP contribution in [-0.4, -0.2) is 64.2 Å². The molecular weight excluding hydrogens is 446 g/mol. The van der Waals surface area contributed by atoms with Crippen LogP contribution >= 0.6 is 0 Å². The fourth-order valence-electron chi connectivity index (χ4n) is 4.62. The van der Waals surface area contributed by atoms with E-state index in [1.54, 1.807) is 12.1 Å². The highest BCUT2D eigenvalue weighted by molar-refractivity contribution is 5.79. The molecule has 4 rings (SSSR count). The Balaban J connectivity index is 1.40. The van der Waals surface area contributed by atoms with Gasteiger partial charge in [0.2, 0.25) is 11.9 Å². The lowest BCUT2D eigenvalue weighted by atomic mass is 9.96. The normalized spacial score (nSPS) is 18.2. The van der Waals surface area contributed by atoms with E-state index in [4.69, 9.17) is 15.4 Å². The van der Waals surface area contributed by atoms with E-state index in [1.165, 1.54) is 4.90 Å². The molecule has 0 saturated carbocycles. The average molecular weight is 478 g/mol. The Morgan fingerprint density at radius 3 is 2.69 bits per heavy atom. The van der Waals surface area contributed by atoms with Crippen LogP contribution in [0.1, 0.15) is 43.9 Å². The summed E-state index contributed by atoms with van der Waals surface area (Å²) in [5.41, 5.74) is 2.25. The Hall–Kier alpha value is -3.87. The highest BCUT2D eigenvalue weighted by Gasteiger charge is 2.31. The molecule has 0 spiro atoms. The molecule has 2 aliphatic rings. The van der Waals surface area contributed by atoms with Crippen LogP contribution in [0.4, 0.5) is 22.2 Å². The molecule has 184 valence electrons. The molecule has 3 N–H and O–H groups in total. The van der Waals surface area contributed by atoms with Crippen molar-refractivity contribution in [2.75, 3.05) is 36.4 Å². The Morgan fingerprint density at radius 2 is 1.97 bits per heavy atom. The summed E-state index contributed by atoms with van der Waals surface area (Å²) in [4.78, 5) is 36.8. The third kappa shape index (κ3) is 6.18. The second-order valence-electron chi connectivity index (χ2n) is 9.09. The summed E-state index contributed by atoms with van der Waals surface area (Å²) in [6.45, 7) is 4.34. The van der Waals surface area contributed by atoms with Gasteiger partial charge in [0.25, 0.3) is 0 Å². The Bertz CT molecular complexity index is 1110. The van der Waals surface area contributed by atoms with E-state index < -0.39 is 6.09 Å². The van der Waals surface area contributed by atoms with Crippen molar-refractivity contribution in [2.24, 2.45) is 5.92 Å². The molecule has 2 aromatic rings. The first kappa shape index (κ1) is 24.3. The van der Waals surface area contributed by atoms with Gasteiger partial charge in [0.15, 0.2) is 0 Å². The van der Waals surface area contributed by atoms with Crippen molar-refractivity contribution in [1.82, 2.24) is 20.2 Å². The molecule has 1 atom stereocenters. The van der Waals surface area contributed by atoms with Crippen molar-refractivity contribution < 1.29 is 14.7 Å². The van der Waals surface area contributed by atoms with Gasteiger partial charge in [0, 0.05) is 55.6 Å². The van der Waals surface area contributed by atoms with Gasteiger partial charge < -0.3 is 25.5 Å². The van der Waals surface area contributed by atoms with E-state index in [9.17, 15) is 9.59 Å². The van der Waals surface area contributed by atoms with Crippen molar-refractivity contribution in [3.8, 4) is 6.07 Å². The van der Waals surface area contributed by atoms with Crippen molar-refractivity contribution >= 4 is 29.5 Å². The summed E-state index contributed by atoms with van der Waals surface area (Å²) >= 11 is 0. The SMILES string of the molecule is CCCc1cc(N2CC[C@H](NC(=O)C3CCN(C(=O)O)CC3)C2)nc(Nc2cccc(C#N)c2)n1. The van der Waals surface area contributed by atoms with Crippen LogP contribution < -0.4 is 15.5 Å². The van der Waals surface area contributed by atoms with Crippen LogP contribution in [-0.2, 0) is 11.2 Å². The number of piperidine rings is 1. The minimum Gasteiger partial charge on any atom is -0.465 e. The first-order chi connectivity index (χ1) is 16.9. The maximum atomic E-state index is 12.8. The third-order valence-electron chi connectivity index (χ3n) is 6.51. The maximum absolute atomic E-state index is 12.8. The molecule has 0 radical (unpaired) electrons. The number of nitrogens with one attached hydrogen (secondary N) is 2. The van der Waals surface area contributed by atoms with E-state index in [-0.39, 0.29) is 17.9 Å². The number of carboxylic acid groups (broad SMARTS) is 1. The number of anilines is 3. The number of hydrogen-bond donors (Lipinski definition) is 3. The number of benzene rings is 1. The van der Waals surface area contributed by atoms with E-state index in [0.717, 1.165) is 43.0 Å². The first-order valence-corrected chi connectivity index (χ1v) is 12.1. The molecule has 2 saturated heterocycles. The lowest BCUT2D eigenvalue weighted by molar-refractivity contribution is -0.126.